The Hall–Kier alpha value is -2.73. The monoisotopic (exact) mass is 539 g/mol. The molecule has 0 spiro atoms. The zero-order chi connectivity index (χ0) is 27.2. The second-order valence-corrected chi connectivity index (χ2v) is 11.8. The molecular weight excluding hydrogens is 507 g/mol. The molecule has 37 heavy (non-hydrogen) atoms. The highest BCUT2D eigenvalue weighted by molar-refractivity contribution is 7.17. The standard InChI is InChI=1S/C25H32F3N5O3S/c1-14-7-5-10-33(14)22(35)18-19(37-21(31-18)20(34)30-13-23(2,3)36)15-12-29-17(11-16(15)25(26,27)28)32-24(4)8-6-9-24/h11-12,14,36H,5-10,13H2,1-4H3,(H,29,32)(H,30,34)/t14-/m0/s1. The third-order valence-electron chi connectivity index (χ3n) is 6.86. The summed E-state index contributed by atoms with van der Waals surface area (Å²) < 4.78 is 42.8. The molecule has 2 aromatic rings. The number of thiazole rings is 1. The fourth-order valence-electron chi connectivity index (χ4n) is 4.57. The zero-order valence-corrected chi connectivity index (χ0v) is 22.1. The van der Waals surface area contributed by atoms with Crippen molar-refractivity contribution in [3.05, 3.63) is 28.5 Å². The minimum Gasteiger partial charge on any atom is -0.389 e. The van der Waals surface area contributed by atoms with E-state index in [2.05, 4.69) is 20.6 Å². The molecule has 3 N–H and O–H groups in total. The van der Waals surface area contributed by atoms with Crippen molar-refractivity contribution < 1.29 is 27.9 Å². The van der Waals surface area contributed by atoms with Crippen LogP contribution in [-0.2, 0) is 6.18 Å². The molecular formula is C25H32F3N5O3S. The van der Waals surface area contributed by atoms with Gasteiger partial charge in [0, 0.05) is 36.4 Å². The minimum absolute atomic E-state index is 0.0567. The van der Waals surface area contributed by atoms with Gasteiger partial charge in [0.1, 0.15) is 11.5 Å². The third kappa shape index (κ3) is 6.06. The lowest BCUT2D eigenvalue weighted by Gasteiger charge is -2.39. The molecule has 1 atom stereocenters. The van der Waals surface area contributed by atoms with E-state index in [1.165, 1.54) is 13.8 Å². The number of carbonyl (C=O) groups is 2. The van der Waals surface area contributed by atoms with Gasteiger partial charge in [-0.15, -0.1) is 11.3 Å². The van der Waals surface area contributed by atoms with Gasteiger partial charge in [-0.2, -0.15) is 13.2 Å². The number of hydrogen-bond acceptors (Lipinski definition) is 7. The first-order valence-electron chi connectivity index (χ1n) is 12.3. The van der Waals surface area contributed by atoms with E-state index >= 15 is 0 Å². The van der Waals surface area contributed by atoms with Crippen molar-refractivity contribution in [3.63, 3.8) is 0 Å². The number of aliphatic hydroxyl groups is 1. The number of halogens is 3. The number of amides is 2. The van der Waals surface area contributed by atoms with E-state index in [1.54, 1.807) is 4.90 Å². The first kappa shape index (κ1) is 27.3. The van der Waals surface area contributed by atoms with Crippen LogP contribution in [0.4, 0.5) is 19.0 Å². The molecule has 4 rings (SSSR count). The lowest BCUT2D eigenvalue weighted by Crippen LogP contribution is -2.41. The smallest absolute Gasteiger partial charge is 0.389 e. The van der Waals surface area contributed by atoms with E-state index in [0.29, 0.717) is 17.9 Å². The average Bonchev–Trinajstić information content (AvgIpc) is 3.41. The van der Waals surface area contributed by atoms with Gasteiger partial charge in [0.25, 0.3) is 11.8 Å². The number of rotatable bonds is 7. The van der Waals surface area contributed by atoms with Crippen molar-refractivity contribution in [1.82, 2.24) is 20.2 Å². The van der Waals surface area contributed by atoms with Crippen molar-refractivity contribution in [3.8, 4) is 10.4 Å². The van der Waals surface area contributed by atoms with Crippen LogP contribution in [0.2, 0.25) is 0 Å². The molecule has 1 aliphatic carbocycles. The Kier molecular flexibility index (Phi) is 7.28. The first-order chi connectivity index (χ1) is 17.2. The van der Waals surface area contributed by atoms with E-state index in [-0.39, 0.29) is 45.1 Å². The van der Waals surface area contributed by atoms with E-state index in [1.807, 2.05) is 13.8 Å². The van der Waals surface area contributed by atoms with E-state index in [0.717, 1.165) is 44.4 Å². The molecule has 12 heteroatoms. The van der Waals surface area contributed by atoms with Crippen molar-refractivity contribution in [2.24, 2.45) is 0 Å². The third-order valence-corrected chi connectivity index (χ3v) is 7.95. The zero-order valence-electron chi connectivity index (χ0n) is 21.3. The largest absolute Gasteiger partial charge is 0.417 e. The highest BCUT2D eigenvalue weighted by Crippen LogP contribution is 2.43. The number of pyridine rings is 1. The molecule has 1 saturated heterocycles. The van der Waals surface area contributed by atoms with Crippen LogP contribution in [0.15, 0.2) is 12.3 Å². The lowest BCUT2D eigenvalue weighted by molar-refractivity contribution is -0.137. The van der Waals surface area contributed by atoms with E-state index in [9.17, 15) is 27.9 Å². The molecule has 0 aromatic carbocycles. The Morgan fingerprint density at radius 1 is 1.27 bits per heavy atom. The van der Waals surface area contributed by atoms with Gasteiger partial charge in [-0.25, -0.2) is 9.97 Å². The van der Waals surface area contributed by atoms with Gasteiger partial charge in [-0.05, 0) is 65.9 Å². The second-order valence-electron chi connectivity index (χ2n) is 10.8. The van der Waals surface area contributed by atoms with E-state index in [4.69, 9.17) is 0 Å². The Balaban J connectivity index is 1.78. The summed E-state index contributed by atoms with van der Waals surface area (Å²) in [6.07, 6.45) is 0.587. The number of carbonyl (C=O) groups excluding carboxylic acids is 2. The number of likely N-dealkylation sites (tertiary alicyclic amines) is 1. The van der Waals surface area contributed by atoms with Crippen LogP contribution in [0.1, 0.15) is 85.7 Å². The van der Waals surface area contributed by atoms with Gasteiger partial charge in [-0.1, -0.05) is 0 Å². The Morgan fingerprint density at radius 2 is 1.97 bits per heavy atom. The highest BCUT2D eigenvalue weighted by atomic mass is 32.1. The molecule has 2 aromatic heterocycles. The fourth-order valence-corrected chi connectivity index (χ4v) is 5.57. The fraction of sp³-hybridized carbons (Fsp3) is 0.600. The van der Waals surface area contributed by atoms with Crippen LogP contribution < -0.4 is 10.6 Å². The van der Waals surface area contributed by atoms with Crippen LogP contribution >= 0.6 is 11.3 Å². The lowest BCUT2D eigenvalue weighted by atomic mass is 9.78. The van der Waals surface area contributed by atoms with Gasteiger partial charge in [-0.3, -0.25) is 9.59 Å². The predicted molar refractivity (Wildman–Crippen MR) is 135 cm³/mol. The quantitative estimate of drug-likeness (QED) is 0.471. The van der Waals surface area contributed by atoms with Crippen LogP contribution in [0.5, 0.6) is 0 Å². The van der Waals surface area contributed by atoms with Gasteiger partial charge < -0.3 is 20.6 Å². The molecule has 3 heterocycles. The molecule has 0 bridgehead atoms. The van der Waals surface area contributed by atoms with Gasteiger partial charge in [0.05, 0.1) is 16.0 Å². The second kappa shape index (κ2) is 9.86. The van der Waals surface area contributed by atoms with Crippen LogP contribution in [0.3, 0.4) is 0 Å². The van der Waals surface area contributed by atoms with Crippen LogP contribution in [0, 0.1) is 0 Å². The molecule has 2 amide bonds. The molecule has 1 saturated carbocycles. The van der Waals surface area contributed by atoms with Crippen LogP contribution in [-0.4, -0.2) is 62.1 Å². The molecule has 2 aliphatic rings. The van der Waals surface area contributed by atoms with Gasteiger partial charge >= 0.3 is 6.18 Å². The average molecular weight is 540 g/mol. The number of anilines is 1. The summed E-state index contributed by atoms with van der Waals surface area (Å²) >= 11 is 0.712. The van der Waals surface area contributed by atoms with Crippen LogP contribution in [0.25, 0.3) is 10.4 Å². The molecule has 0 unspecified atom stereocenters. The van der Waals surface area contributed by atoms with Crippen molar-refractivity contribution in [2.75, 3.05) is 18.4 Å². The number of nitrogens with zero attached hydrogens (tertiary/aromatic N) is 3. The Morgan fingerprint density at radius 3 is 2.51 bits per heavy atom. The summed E-state index contributed by atoms with van der Waals surface area (Å²) in [5, 5.41) is 15.4. The molecule has 8 nitrogen and oxygen atoms in total. The van der Waals surface area contributed by atoms with Gasteiger partial charge in [0.15, 0.2) is 5.01 Å². The minimum atomic E-state index is -4.73. The number of aromatic nitrogens is 2. The summed E-state index contributed by atoms with van der Waals surface area (Å²) in [5.41, 5.74) is -2.96. The summed E-state index contributed by atoms with van der Waals surface area (Å²) in [7, 11) is 0. The molecule has 202 valence electrons. The van der Waals surface area contributed by atoms with Crippen molar-refractivity contribution >= 4 is 29.0 Å². The van der Waals surface area contributed by atoms with Crippen molar-refractivity contribution in [2.45, 2.75) is 83.2 Å². The molecule has 0 radical (unpaired) electrons. The molecule has 1 aliphatic heterocycles. The molecule has 2 fully saturated rings. The van der Waals surface area contributed by atoms with Crippen molar-refractivity contribution in [1.29, 1.82) is 0 Å². The highest BCUT2D eigenvalue weighted by Gasteiger charge is 2.39. The topological polar surface area (TPSA) is 107 Å². The summed E-state index contributed by atoms with van der Waals surface area (Å²) in [6, 6.07) is 0.865. The maximum Gasteiger partial charge on any atom is 0.417 e. The number of nitrogens with one attached hydrogen (secondary N) is 2. The van der Waals surface area contributed by atoms with E-state index < -0.39 is 29.2 Å². The Labute approximate surface area is 217 Å². The Bertz CT molecular complexity index is 1190. The normalized spacial score (nSPS) is 19.5. The van der Waals surface area contributed by atoms with Gasteiger partial charge in [0.2, 0.25) is 0 Å². The SMILES string of the molecule is C[C@H]1CCCN1C(=O)c1nc(C(=O)NCC(C)(C)O)sc1-c1cnc(NC2(C)CCC2)cc1C(F)(F)F. The summed E-state index contributed by atoms with van der Waals surface area (Å²) in [6.45, 7) is 7.19. The first-order valence-corrected chi connectivity index (χ1v) is 13.2. The summed E-state index contributed by atoms with van der Waals surface area (Å²) in [4.78, 5) is 36.2. The predicted octanol–water partition coefficient (Wildman–Crippen LogP) is 4.70. The maximum atomic E-state index is 14.3. The number of alkyl halides is 3. The summed E-state index contributed by atoms with van der Waals surface area (Å²) in [5.74, 6) is -1.10. The maximum absolute atomic E-state index is 14.3. The number of hydrogen-bond donors (Lipinski definition) is 3.